The normalized spacial score (nSPS) is 28.4. The van der Waals surface area contributed by atoms with Gasteiger partial charge in [0.25, 0.3) is 0 Å². The molecule has 1 atom stereocenters. The van der Waals surface area contributed by atoms with E-state index in [9.17, 15) is 14.7 Å². The highest BCUT2D eigenvalue weighted by Gasteiger charge is 2.45. The number of carboxylic acid groups (broad SMARTS) is 1. The number of rotatable bonds is 5. The molecule has 1 aliphatic heterocycles. The average Bonchev–Trinajstić information content (AvgIpc) is 3.00. The predicted octanol–water partition coefficient (Wildman–Crippen LogP) is 0.879. The summed E-state index contributed by atoms with van der Waals surface area (Å²) in [6.07, 6.45) is 3.64. The standard InChI is InChI=1S/C12H19NO4/c1-12(11(15)16)5-2-6-13(12)10(14)8-17-7-9-3-4-9/h9H,2-8H2,1H3,(H,15,16). The maximum atomic E-state index is 11.9. The average molecular weight is 241 g/mol. The lowest BCUT2D eigenvalue weighted by molar-refractivity contribution is -0.157. The molecule has 17 heavy (non-hydrogen) atoms. The first-order valence-electron chi connectivity index (χ1n) is 6.15. The fraction of sp³-hybridized carbons (Fsp3) is 0.833. The molecule has 5 nitrogen and oxygen atoms in total. The summed E-state index contributed by atoms with van der Waals surface area (Å²) in [6.45, 7) is 2.78. The molecule has 2 fully saturated rings. The maximum absolute atomic E-state index is 11.9. The van der Waals surface area contributed by atoms with E-state index >= 15 is 0 Å². The highest BCUT2D eigenvalue weighted by Crippen LogP contribution is 2.30. The first kappa shape index (κ1) is 12.4. The van der Waals surface area contributed by atoms with Crippen molar-refractivity contribution in [1.29, 1.82) is 0 Å². The number of amides is 1. The molecule has 0 spiro atoms. The van der Waals surface area contributed by atoms with Gasteiger partial charge < -0.3 is 14.7 Å². The largest absolute Gasteiger partial charge is 0.480 e. The van der Waals surface area contributed by atoms with Gasteiger partial charge in [-0.3, -0.25) is 4.79 Å². The Hall–Kier alpha value is -1.10. The molecular weight excluding hydrogens is 222 g/mol. The van der Waals surface area contributed by atoms with Crippen molar-refractivity contribution >= 4 is 11.9 Å². The highest BCUT2D eigenvalue weighted by atomic mass is 16.5. The van der Waals surface area contributed by atoms with Crippen molar-refractivity contribution in [2.75, 3.05) is 19.8 Å². The van der Waals surface area contributed by atoms with Gasteiger partial charge >= 0.3 is 5.97 Å². The van der Waals surface area contributed by atoms with Gasteiger partial charge in [0.2, 0.25) is 5.91 Å². The Bertz CT molecular complexity index is 326. The van der Waals surface area contributed by atoms with Crippen LogP contribution in [0.5, 0.6) is 0 Å². The zero-order valence-corrected chi connectivity index (χ0v) is 10.1. The number of hydrogen-bond donors (Lipinski definition) is 1. The Balaban J connectivity index is 1.86. The van der Waals surface area contributed by atoms with Crippen LogP contribution < -0.4 is 0 Å². The zero-order chi connectivity index (χ0) is 12.5. The molecule has 1 unspecified atom stereocenters. The van der Waals surface area contributed by atoms with E-state index in [1.165, 1.54) is 17.7 Å². The van der Waals surface area contributed by atoms with Gasteiger partial charge in [-0.05, 0) is 38.5 Å². The van der Waals surface area contributed by atoms with E-state index in [4.69, 9.17) is 4.74 Å². The predicted molar refractivity (Wildman–Crippen MR) is 60.5 cm³/mol. The van der Waals surface area contributed by atoms with Gasteiger partial charge in [0.1, 0.15) is 12.1 Å². The summed E-state index contributed by atoms with van der Waals surface area (Å²) in [7, 11) is 0. The zero-order valence-electron chi connectivity index (χ0n) is 10.1. The van der Waals surface area contributed by atoms with Crippen molar-refractivity contribution in [3.63, 3.8) is 0 Å². The molecule has 0 aromatic heterocycles. The summed E-state index contributed by atoms with van der Waals surface area (Å²) in [4.78, 5) is 24.5. The Morgan fingerprint density at radius 2 is 2.18 bits per heavy atom. The van der Waals surface area contributed by atoms with Crippen molar-refractivity contribution in [3.8, 4) is 0 Å². The minimum Gasteiger partial charge on any atom is -0.480 e. The lowest BCUT2D eigenvalue weighted by atomic mass is 9.99. The fourth-order valence-electron chi connectivity index (χ4n) is 2.26. The Morgan fingerprint density at radius 3 is 2.76 bits per heavy atom. The van der Waals surface area contributed by atoms with Crippen LogP contribution in [0, 0.1) is 5.92 Å². The second-order valence-electron chi connectivity index (χ2n) is 5.19. The Labute approximate surface area is 101 Å². The van der Waals surface area contributed by atoms with Gasteiger partial charge in [-0.2, -0.15) is 0 Å². The third-order valence-corrected chi connectivity index (χ3v) is 3.68. The van der Waals surface area contributed by atoms with Crippen LogP contribution in [0.3, 0.4) is 0 Å². The minimum atomic E-state index is -1.04. The lowest BCUT2D eigenvalue weighted by Gasteiger charge is -2.31. The fourth-order valence-corrected chi connectivity index (χ4v) is 2.26. The summed E-state index contributed by atoms with van der Waals surface area (Å²) < 4.78 is 5.32. The summed E-state index contributed by atoms with van der Waals surface area (Å²) in [5.41, 5.74) is -1.04. The summed E-state index contributed by atoms with van der Waals surface area (Å²) in [5, 5.41) is 9.18. The van der Waals surface area contributed by atoms with Gasteiger partial charge in [0.05, 0.1) is 6.61 Å². The molecule has 1 heterocycles. The second-order valence-corrected chi connectivity index (χ2v) is 5.19. The van der Waals surface area contributed by atoms with E-state index in [2.05, 4.69) is 0 Å². The number of carbonyl (C=O) groups is 2. The van der Waals surface area contributed by atoms with E-state index < -0.39 is 11.5 Å². The van der Waals surface area contributed by atoms with Crippen LogP contribution >= 0.6 is 0 Å². The number of hydrogen-bond acceptors (Lipinski definition) is 3. The molecule has 0 radical (unpaired) electrons. The van der Waals surface area contributed by atoms with Crippen molar-refractivity contribution in [3.05, 3.63) is 0 Å². The van der Waals surface area contributed by atoms with Crippen LogP contribution in [0.15, 0.2) is 0 Å². The smallest absolute Gasteiger partial charge is 0.329 e. The number of carbonyl (C=O) groups excluding carboxylic acids is 1. The summed E-state index contributed by atoms with van der Waals surface area (Å²) >= 11 is 0. The van der Waals surface area contributed by atoms with Crippen LogP contribution in [0.2, 0.25) is 0 Å². The molecule has 1 amide bonds. The molecule has 0 aromatic rings. The molecule has 1 aliphatic carbocycles. The second kappa shape index (κ2) is 4.64. The first-order chi connectivity index (χ1) is 8.04. The van der Waals surface area contributed by atoms with Gasteiger partial charge in [0.15, 0.2) is 0 Å². The number of aliphatic carboxylic acids is 1. The third-order valence-electron chi connectivity index (χ3n) is 3.68. The molecule has 2 aliphatic rings. The Morgan fingerprint density at radius 1 is 1.47 bits per heavy atom. The topological polar surface area (TPSA) is 66.8 Å². The highest BCUT2D eigenvalue weighted by molar-refractivity contribution is 5.87. The molecule has 96 valence electrons. The number of carboxylic acids is 1. The third kappa shape index (κ3) is 2.60. The molecule has 0 aromatic carbocycles. The van der Waals surface area contributed by atoms with Crippen LogP contribution in [0.25, 0.3) is 0 Å². The van der Waals surface area contributed by atoms with E-state index in [1.807, 2.05) is 0 Å². The molecule has 1 N–H and O–H groups in total. The number of nitrogens with zero attached hydrogens (tertiary/aromatic N) is 1. The number of likely N-dealkylation sites (tertiary alicyclic amines) is 1. The molecule has 1 saturated carbocycles. The SMILES string of the molecule is CC1(C(=O)O)CCCN1C(=O)COCC1CC1. The van der Waals surface area contributed by atoms with E-state index in [0.717, 1.165) is 6.42 Å². The summed E-state index contributed by atoms with van der Waals surface area (Å²) in [6, 6.07) is 0. The van der Waals surface area contributed by atoms with Crippen molar-refractivity contribution in [2.45, 2.75) is 38.1 Å². The molecule has 5 heteroatoms. The molecule has 1 saturated heterocycles. The van der Waals surface area contributed by atoms with Crippen LogP contribution in [-0.4, -0.2) is 47.2 Å². The van der Waals surface area contributed by atoms with E-state index in [1.54, 1.807) is 6.92 Å². The molecular formula is C12H19NO4. The lowest BCUT2D eigenvalue weighted by Crippen LogP contribution is -2.51. The quantitative estimate of drug-likeness (QED) is 0.776. The van der Waals surface area contributed by atoms with Crippen molar-refractivity contribution in [1.82, 2.24) is 4.90 Å². The maximum Gasteiger partial charge on any atom is 0.329 e. The number of ether oxygens (including phenoxy) is 1. The first-order valence-corrected chi connectivity index (χ1v) is 6.15. The van der Waals surface area contributed by atoms with Crippen molar-refractivity contribution < 1.29 is 19.4 Å². The van der Waals surface area contributed by atoms with Crippen molar-refractivity contribution in [2.24, 2.45) is 5.92 Å². The van der Waals surface area contributed by atoms with Crippen LogP contribution in [0.1, 0.15) is 32.6 Å². The Kier molecular flexibility index (Phi) is 3.38. The van der Waals surface area contributed by atoms with Gasteiger partial charge in [0, 0.05) is 6.54 Å². The van der Waals surface area contributed by atoms with Crippen LogP contribution in [0.4, 0.5) is 0 Å². The van der Waals surface area contributed by atoms with E-state index in [0.29, 0.717) is 25.5 Å². The van der Waals surface area contributed by atoms with E-state index in [-0.39, 0.29) is 12.5 Å². The van der Waals surface area contributed by atoms with Crippen LogP contribution in [-0.2, 0) is 14.3 Å². The minimum absolute atomic E-state index is 0.0133. The summed E-state index contributed by atoms with van der Waals surface area (Å²) in [5.74, 6) is -0.508. The van der Waals surface area contributed by atoms with Gasteiger partial charge in [-0.1, -0.05) is 0 Å². The van der Waals surface area contributed by atoms with Gasteiger partial charge in [-0.25, -0.2) is 4.79 Å². The molecule has 2 rings (SSSR count). The monoisotopic (exact) mass is 241 g/mol. The van der Waals surface area contributed by atoms with Gasteiger partial charge in [-0.15, -0.1) is 0 Å². The molecule has 0 bridgehead atoms.